The Bertz CT molecular complexity index is 851. The number of rotatable bonds is 3. The molecule has 1 saturated heterocycles. The average Bonchev–Trinajstić information content (AvgIpc) is 3.10. The molecule has 144 valence electrons. The summed E-state index contributed by atoms with van der Waals surface area (Å²) in [6.07, 6.45) is 0.0633. The molecule has 3 aliphatic rings. The zero-order chi connectivity index (χ0) is 19.4. The first kappa shape index (κ1) is 17.4. The van der Waals surface area contributed by atoms with Crippen molar-refractivity contribution in [1.29, 1.82) is 0 Å². The lowest BCUT2D eigenvalue weighted by atomic mass is 9.87. The molecule has 0 radical (unpaired) electrons. The molecule has 1 spiro atoms. The minimum Gasteiger partial charge on any atom is -0.508 e. The number of hydrogen-bond donors (Lipinski definition) is 8. The molecule has 3 heterocycles. The third-order valence-electron chi connectivity index (χ3n) is 5.33. The SMILES string of the molecule is NC1=[NH+][C@H]2[C@H](COC(=O)c3ccc(O)cc3)NC(N)=[N+]3CCC(O)(O)[C@]23N1. The molecule has 3 atom stereocenters. The molecule has 1 aromatic rings. The lowest BCUT2D eigenvalue weighted by Gasteiger charge is -2.40. The predicted molar refractivity (Wildman–Crippen MR) is 91.2 cm³/mol. The number of nitrogens with one attached hydrogen (secondary N) is 3. The van der Waals surface area contributed by atoms with Crippen LogP contribution in [0, 0.1) is 0 Å². The van der Waals surface area contributed by atoms with Gasteiger partial charge in [0.05, 0.1) is 12.1 Å². The van der Waals surface area contributed by atoms with Gasteiger partial charge in [-0.25, -0.2) is 14.7 Å². The van der Waals surface area contributed by atoms with Crippen LogP contribution in [0.2, 0.25) is 0 Å². The van der Waals surface area contributed by atoms with Crippen LogP contribution in [0.15, 0.2) is 24.3 Å². The second kappa shape index (κ2) is 5.72. The van der Waals surface area contributed by atoms with Gasteiger partial charge in [-0.1, -0.05) is 0 Å². The first-order valence-corrected chi connectivity index (χ1v) is 8.49. The van der Waals surface area contributed by atoms with Gasteiger partial charge in [0.2, 0.25) is 5.79 Å². The van der Waals surface area contributed by atoms with Crippen LogP contribution in [0.5, 0.6) is 5.75 Å². The van der Waals surface area contributed by atoms with E-state index in [0.29, 0.717) is 6.54 Å². The molecular formula is C16H22N6O5+2. The lowest BCUT2D eigenvalue weighted by molar-refractivity contribution is -0.674. The topological polar surface area (TPSA) is 180 Å². The molecule has 0 aromatic heterocycles. The predicted octanol–water partition coefficient (Wildman–Crippen LogP) is -5.00. The van der Waals surface area contributed by atoms with Gasteiger partial charge in [0, 0.05) is 6.42 Å². The van der Waals surface area contributed by atoms with Gasteiger partial charge >= 0.3 is 17.9 Å². The van der Waals surface area contributed by atoms with Gasteiger partial charge in [-0.15, -0.1) is 0 Å². The van der Waals surface area contributed by atoms with E-state index in [-0.39, 0.29) is 36.3 Å². The van der Waals surface area contributed by atoms with Gasteiger partial charge in [-0.3, -0.25) is 21.8 Å². The molecular weight excluding hydrogens is 356 g/mol. The number of aromatic hydroxyl groups is 1. The van der Waals surface area contributed by atoms with Crippen LogP contribution in [0.4, 0.5) is 0 Å². The van der Waals surface area contributed by atoms with E-state index in [1.807, 2.05) is 0 Å². The minimum atomic E-state index is -2.10. The molecule has 0 aliphatic carbocycles. The Balaban J connectivity index is 1.58. The number of carbonyl (C=O) groups excluding carboxylic acids is 1. The summed E-state index contributed by atoms with van der Waals surface area (Å²) in [4.78, 5) is 15.2. The number of hydrogen-bond acceptors (Lipinski definition) is 9. The summed E-state index contributed by atoms with van der Waals surface area (Å²) in [6.45, 7) is 0.211. The maximum atomic E-state index is 12.2. The van der Waals surface area contributed by atoms with Crippen molar-refractivity contribution in [2.45, 2.75) is 30.0 Å². The quantitative estimate of drug-likeness (QED) is 0.145. The molecule has 0 unspecified atom stereocenters. The molecule has 11 heteroatoms. The highest BCUT2D eigenvalue weighted by Gasteiger charge is 2.74. The fraction of sp³-hybridized carbons (Fsp3) is 0.438. The third kappa shape index (κ3) is 2.46. The van der Waals surface area contributed by atoms with Gasteiger partial charge < -0.3 is 20.1 Å². The molecule has 1 fully saturated rings. The van der Waals surface area contributed by atoms with Gasteiger partial charge in [0.15, 0.2) is 6.04 Å². The number of nitrogens with zero attached hydrogens (tertiary/aromatic N) is 1. The van der Waals surface area contributed by atoms with E-state index < -0.39 is 29.5 Å². The highest BCUT2D eigenvalue weighted by Crippen LogP contribution is 2.36. The Morgan fingerprint density at radius 2 is 2.04 bits per heavy atom. The summed E-state index contributed by atoms with van der Waals surface area (Å²) in [6, 6.07) is 4.45. The van der Waals surface area contributed by atoms with E-state index in [9.17, 15) is 20.1 Å². The summed E-state index contributed by atoms with van der Waals surface area (Å²) in [5.74, 6) is -2.24. The van der Waals surface area contributed by atoms with Crippen molar-refractivity contribution in [2.75, 3.05) is 13.2 Å². The van der Waals surface area contributed by atoms with Crippen LogP contribution in [0.3, 0.4) is 0 Å². The standard InChI is InChI=1S/C16H20N6O5/c17-13-20-11-10(7-27-12(24)8-1-3-9(23)4-2-8)19-14(18)22-6-5-15(25,26)16(11,22)21-13/h1-4,10-11,25-26H,5-7H2,(H6,17,18,19,20,21,23,24)/p+2/t10-,11-,16-/m0/s1. The molecule has 0 amide bonds. The fourth-order valence-electron chi connectivity index (χ4n) is 4.06. The van der Waals surface area contributed by atoms with Crippen molar-refractivity contribution in [3.05, 3.63) is 29.8 Å². The zero-order valence-corrected chi connectivity index (χ0v) is 14.3. The maximum absolute atomic E-state index is 12.2. The largest absolute Gasteiger partial charge is 0.508 e. The van der Waals surface area contributed by atoms with Crippen molar-refractivity contribution in [3.63, 3.8) is 0 Å². The summed E-state index contributed by atoms with van der Waals surface area (Å²) >= 11 is 0. The van der Waals surface area contributed by atoms with Gasteiger partial charge in [0.1, 0.15) is 18.4 Å². The number of aliphatic hydroxyl groups is 2. The lowest BCUT2D eigenvalue weighted by Crippen LogP contribution is -2.91. The Morgan fingerprint density at radius 3 is 2.74 bits per heavy atom. The number of nitrogens with two attached hydrogens (primary N) is 2. The number of phenolic OH excluding ortho intramolecular Hbond substituents is 1. The summed E-state index contributed by atoms with van der Waals surface area (Å²) in [7, 11) is 0. The molecule has 10 N–H and O–H groups in total. The van der Waals surface area contributed by atoms with E-state index >= 15 is 0 Å². The number of esters is 1. The molecule has 27 heavy (non-hydrogen) atoms. The normalized spacial score (nSPS) is 30.7. The minimum absolute atomic E-state index is 0.0422. The van der Waals surface area contributed by atoms with Gasteiger partial charge in [-0.05, 0) is 24.3 Å². The zero-order valence-electron chi connectivity index (χ0n) is 14.3. The first-order valence-electron chi connectivity index (χ1n) is 8.49. The Kier molecular flexibility index (Phi) is 3.68. The van der Waals surface area contributed by atoms with E-state index in [4.69, 9.17) is 16.2 Å². The van der Waals surface area contributed by atoms with Crippen molar-refractivity contribution in [3.8, 4) is 5.75 Å². The monoisotopic (exact) mass is 378 g/mol. The van der Waals surface area contributed by atoms with Crippen LogP contribution < -0.4 is 27.1 Å². The number of phenols is 1. The van der Waals surface area contributed by atoms with Crippen molar-refractivity contribution >= 4 is 17.9 Å². The molecule has 4 rings (SSSR count). The summed E-state index contributed by atoms with van der Waals surface area (Å²) in [5.41, 5.74) is 10.9. The van der Waals surface area contributed by atoms with E-state index in [0.717, 1.165) is 0 Å². The first-order chi connectivity index (χ1) is 12.7. The smallest absolute Gasteiger partial charge is 0.347 e. The molecule has 0 saturated carbocycles. The molecule has 0 bridgehead atoms. The van der Waals surface area contributed by atoms with Crippen molar-refractivity contribution in [2.24, 2.45) is 11.5 Å². The molecule has 11 nitrogen and oxygen atoms in total. The molecule has 3 aliphatic heterocycles. The second-order valence-corrected chi connectivity index (χ2v) is 6.93. The van der Waals surface area contributed by atoms with Gasteiger partial charge in [-0.2, -0.15) is 0 Å². The highest BCUT2D eigenvalue weighted by molar-refractivity contribution is 5.89. The average molecular weight is 378 g/mol. The Labute approximate surface area is 154 Å². The third-order valence-corrected chi connectivity index (χ3v) is 5.33. The van der Waals surface area contributed by atoms with Crippen LogP contribution >= 0.6 is 0 Å². The van der Waals surface area contributed by atoms with Crippen molar-refractivity contribution in [1.82, 2.24) is 10.6 Å². The number of carbonyl (C=O) groups is 1. The van der Waals surface area contributed by atoms with Crippen LogP contribution in [-0.4, -0.2) is 74.5 Å². The van der Waals surface area contributed by atoms with Crippen LogP contribution in [0.25, 0.3) is 0 Å². The number of guanidine groups is 2. The molecule has 1 aromatic carbocycles. The fourth-order valence-corrected chi connectivity index (χ4v) is 4.06. The van der Waals surface area contributed by atoms with Crippen LogP contribution in [0.1, 0.15) is 16.8 Å². The number of ether oxygens (including phenoxy) is 1. The van der Waals surface area contributed by atoms with Crippen molar-refractivity contribution < 1.29 is 34.4 Å². The summed E-state index contributed by atoms with van der Waals surface area (Å²) in [5, 5.41) is 36.4. The highest BCUT2D eigenvalue weighted by atomic mass is 16.5. The summed E-state index contributed by atoms with van der Waals surface area (Å²) < 4.78 is 6.97. The van der Waals surface area contributed by atoms with Gasteiger partial charge in [0.25, 0.3) is 5.66 Å². The number of benzene rings is 1. The van der Waals surface area contributed by atoms with E-state index in [2.05, 4.69) is 15.6 Å². The maximum Gasteiger partial charge on any atom is 0.347 e. The Hall–Kier alpha value is -3.05. The van der Waals surface area contributed by atoms with E-state index in [1.165, 1.54) is 24.3 Å². The van der Waals surface area contributed by atoms with E-state index in [1.54, 1.807) is 4.58 Å². The second-order valence-electron chi connectivity index (χ2n) is 6.93. The van der Waals surface area contributed by atoms with Crippen LogP contribution in [-0.2, 0) is 4.74 Å². The Morgan fingerprint density at radius 1 is 1.33 bits per heavy atom.